The van der Waals surface area contributed by atoms with Crippen molar-refractivity contribution < 1.29 is 22.3 Å². The first-order valence-corrected chi connectivity index (χ1v) is 13.3. The lowest BCUT2D eigenvalue weighted by atomic mass is 9.82. The van der Waals surface area contributed by atoms with Gasteiger partial charge in [-0.05, 0) is 37.0 Å². The first kappa shape index (κ1) is 23.5. The van der Waals surface area contributed by atoms with Crippen molar-refractivity contribution in [3.8, 4) is 5.88 Å². The summed E-state index contributed by atoms with van der Waals surface area (Å²) in [6.07, 6.45) is 1.35. The Balaban J connectivity index is 1.59. The second-order valence-electron chi connectivity index (χ2n) is 8.75. The van der Waals surface area contributed by atoms with Crippen molar-refractivity contribution >= 4 is 15.9 Å². The quantitative estimate of drug-likeness (QED) is 0.713. The van der Waals surface area contributed by atoms with Crippen LogP contribution in [0.4, 0.5) is 9.18 Å². The zero-order valence-corrected chi connectivity index (χ0v) is 19.9. The highest BCUT2D eigenvalue weighted by atomic mass is 32.2. The van der Waals surface area contributed by atoms with Gasteiger partial charge in [0, 0.05) is 49.8 Å². The number of urea groups is 1. The summed E-state index contributed by atoms with van der Waals surface area (Å²) in [5.41, 5.74) is 2.40. The molecular weight excluding hydrogens is 447 g/mol. The van der Waals surface area contributed by atoms with Gasteiger partial charge in [-0.2, -0.15) is 0 Å². The number of likely N-dealkylation sites (tertiary alicyclic amines) is 1. The van der Waals surface area contributed by atoms with Crippen LogP contribution in [0, 0.1) is 5.82 Å². The van der Waals surface area contributed by atoms with Crippen molar-refractivity contribution in [1.29, 1.82) is 0 Å². The second-order valence-corrected chi connectivity index (χ2v) is 11.1. The summed E-state index contributed by atoms with van der Waals surface area (Å²) in [7, 11) is -3.08. The van der Waals surface area contributed by atoms with Gasteiger partial charge in [0.1, 0.15) is 5.82 Å². The van der Waals surface area contributed by atoms with E-state index in [1.807, 2.05) is 32.0 Å². The first-order valence-electron chi connectivity index (χ1n) is 11.5. The number of amides is 2. The lowest BCUT2D eigenvalue weighted by Crippen LogP contribution is -2.53. The fraction of sp³-hybridized carbons (Fsp3) is 0.565. The van der Waals surface area contributed by atoms with Gasteiger partial charge in [-0.1, -0.05) is 19.1 Å². The molecule has 2 unspecified atom stereocenters. The van der Waals surface area contributed by atoms with E-state index in [1.54, 1.807) is 15.9 Å². The SMILES string of the molecule is CCOc1cc(C2CC(c3ccc(CC)c(F)c3)CN(C(=O)N3CCS(=O)(=O)CC3)C2)[nH]n1. The minimum absolute atomic E-state index is 0.0125. The molecule has 0 aliphatic carbocycles. The molecule has 2 aliphatic rings. The number of halogens is 1. The number of H-pyrrole nitrogens is 1. The molecular formula is C23H31FN4O4S. The van der Waals surface area contributed by atoms with Gasteiger partial charge >= 0.3 is 6.03 Å². The van der Waals surface area contributed by atoms with Gasteiger partial charge in [-0.3, -0.25) is 5.10 Å². The van der Waals surface area contributed by atoms with E-state index < -0.39 is 9.84 Å². The normalized spacial score (nSPS) is 22.9. The number of ether oxygens (including phenoxy) is 1. The van der Waals surface area contributed by atoms with Crippen LogP contribution in [-0.4, -0.2) is 78.7 Å². The summed E-state index contributed by atoms with van der Waals surface area (Å²) in [6.45, 7) is 5.64. The highest BCUT2D eigenvalue weighted by Gasteiger charge is 2.36. The van der Waals surface area contributed by atoms with Gasteiger partial charge in [0.2, 0.25) is 5.88 Å². The topological polar surface area (TPSA) is 95.6 Å². The summed E-state index contributed by atoms with van der Waals surface area (Å²) in [5, 5.41) is 7.24. The Morgan fingerprint density at radius 3 is 2.55 bits per heavy atom. The number of aryl methyl sites for hydroxylation is 1. The second kappa shape index (κ2) is 9.70. The fourth-order valence-electron chi connectivity index (χ4n) is 4.68. The van der Waals surface area contributed by atoms with E-state index in [4.69, 9.17) is 4.74 Å². The smallest absolute Gasteiger partial charge is 0.320 e. The van der Waals surface area contributed by atoms with Crippen molar-refractivity contribution in [3.05, 3.63) is 46.9 Å². The Morgan fingerprint density at radius 1 is 1.15 bits per heavy atom. The number of aromatic amines is 1. The summed E-state index contributed by atoms with van der Waals surface area (Å²) < 4.78 is 43.6. The lowest BCUT2D eigenvalue weighted by Gasteiger charge is -2.40. The Hall–Kier alpha value is -2.62. The van der Waals surface area contributed by atoms with Crippen molar-refractivity contribution in [2.75, 3.05) is 44.3 Å². The van der Waals surface area contributed by atoms with Crippen molar-refractivity contribution in [2.24, 2.45) is 0 Å². The number of benzene rings is 1. The molecule has 0 bridgehead atoms. The van der Waals surface area contributed by atoms with Crippen LogP contribution < -0.4 is 4.74 Å². The first-order chi connectivity index (χ1) is 15.8. The molecule has 0 saturated carbocycles. The molecule has 1 N–H and O–H groups in total. The van der Waals surface area contributed by atoms with Gasteiger partial charge < -0.3 is 14.5 Å². The number of sulfone groups is 1. The highest BCUT2D eigenvalue weighted by molar-refractivity contribution is 7.91. The maximum Gasteiger partial charge on any atom is 0.320 e. The number of piperidine rings is 1. The molecule has 1 aromatic carbocycles. The monoisotopic (exact) mass is 478 g/mol. The highest BCUT2D eigenvalue weighted by Crippen LogP contribution is 2.37. The van der Waals surface area contributed by atoms with E-state index in [0.717, 1.165) is 17.7 Å². The molecule has 2 amide bonds. The molecule has 10 heteroatoms. The van der Waals surface area contributed by atoms with Crippen LogP contribution in [0.25, 0.3) is 0 Å². The van der Waals surface area contributed by atoms with E-state index >= 15 is 0 Å². The number of hydrogen-bond donors (Lipinski definition) is 1. The zero-order valence-electron chi connectivity index (χ0n) is 19.1. The van der Waals surface area contributed by atoms with E-state index in [1.165, 1.54) is 0 Å². The number of nitrogens with zero attached hydrogens (tertiary/aromatic N) is 3. The Kier molecular flexibility index (Phi) is 6.92. The number of aromatic nitrogens is 2. The molecule has 0 radical (unpaired) electrons. The third kappa shape index (κ3) is 5.31. The summed E-state index contributed by atoms with van der Waals surface area (Å²) in [4.78, 5) is 16.7. The van der Waals surface area contributed by atoms with Crippen LogP contribution in [0.1, 0.15) is 48.9 Å². The molecule has 33 heavy (non-hydrogen) atoms. The van der Waals surface area contributed by atoms with Gasteiger partial charge in [-0.25, -0.2) is 17.6 Å². The standard InChI is InChI=1S/C23H31FN4O4S/c1-3-16-5-6-17(12-20(16)24)18-11-19(21-13-22(26-25-21)32-4-2)15-28(14-18)23(29)27-7-9-33(30,31)10-8-27/h5-6,12-13,18-19H,3-4,7-11,14-15H2,1-2H3,(H,25,26). The van der Waals surface area contributed by atoms with Gasteiger partial charge in [-0.15, -0.1) is 5.10 Å². The molecule has 2 aliphatic heterocycles. The summed E-state index contributed by atoms with van der Waals surface area (Å²) in [6, 6.07) is 7.03. The third-order valence-electron chi connectivity index (χ3n) is 6.57. The molecule has 2 fully saturated rings. The molecule has 2 saturated heterocycles. The zero-order chi connectivity index (χ0) is 23.6. The molecule has 1 aromatic heterocycles. The van der Waals surface area contributed by atoms with Crippen LogP contribution in [0.5, 0.6) is 5.88 Å². The Bertz CT molecular complexity index is 1090. The number of rotatable bonds is 5. The Labute approximate surface area is 194 Å². The lowest BCUT2D eigenvalue weighted by molar-refractivity contribution is 0.135. The van der Waals surface area contributed by atoms with Crippen molar-refractivity contribution in [1.82, 2.24) is 20.0 Å². The van der Waals surface area contributed by atoms with Crippen LogP contribution in [-0.2, 0) is 16.3 Å². The third-order valence-corrected chi connectivity index (χ3v) is 8.18. The van der Waals surface area contributed by atoms with Gasteiger partial charge in [0.15, 0.2) is 9.84 Å². The van der Waals surface area contributed by atoms with E-state index in [2.05, 4.69) is 10.2 Å². The average molecular weight is 479 g/mol. The van der Waals surface area contributed by atoms with Gasteiger partial charge in [0.05, 0.1) is 18.1 Å². The maximum absolute atomic E-state index is 14.6. The molecule has 8 nitrogen and oxygen atoms in total. The average Bonchev–Trinajstić information content (AvgIpc) is 3.27. The van der Waals surface area contributed by atoms with E-state index in [-0.39, 0.29) is 48.3 Å². The predicted octanol–water partition coefficient (Wildman–Crippen LogP) is 2.93. The maximum atomic E-state index is 14.6. The van der Waals surface area contributed by atoms with Crippen LogP contribution in [0.15, 0.2) is 24.3 Å². The summed E-state index contributed by atoms with van der Waals surface area (Å²) >= 11 is 0. The van der Waals surface area contributed by atoms with Crippen LogP contribution in [0.2, 0.25) is 0 Å². The predicted molar refractivity (Wildman–Crippen MR) is 123 cm³/mol. The van der Waals surface area contributed by atoms with Crippen molar-refractivity contribution in [3.63, 3.8) is 0 Å². The number of hydrogen-bond acceptors (Lipinski definition) is 5. The van der Waals surface area contributed by atoms with E-state index in [9.17, 15) is 17.6 Å². The molecule has 0 spiro atoms. The minimum atomic E-state index is -3.08. The molecule has 180 valence electrons. The molecule has 4 rings (SSSR count). The molecule has 2 aromatic rings. The van der Waals surface area contributed by atoms with Crippen LogP contribution >= 0.6 is 0 Å². The Morgan fingerprint density at radius 2 is 1.88 bits per heavy atom. The number of carbonyl (C=O) groups excluding carboxylic acids is 1. The minimum Gasteiger partial charge on any atom is -0.477 e. The van der Waals surface area contributed by atoms with Gasteiger partial charge in [0.25, 0.3) is 0 Å². The molecule has 3 heterocycles. The number of carbonyl (C=O) groups is 1. The van der Waals surface area contributed by atoms with Crippen molar-refractivity contribution in [2.45, 2.75) is 38.5 Å². The summed E-state index contributed by atoms with van der Waals surface area (Å²) in [5.74, 6) is 0.170. The molecule has 2 atom stereocenters. The fourth-order valence-corrected chi connectivity index (χ4v) is 5.88. The number of nitrogens with one attached hydrogen (secondary N) is 1. The van der Waals surface area contributed by atoms with Crippen LogP contribution in [0.3, 0.4) is 0 Å². The largest absolute Gasteiger partial charge is 0.477 e. The van der Waals surface area contributed by atoms with E-state index in [0.29, 0.717) is 37.6 Å².